The normalized spacial score (nSPS) is 19.0. The molecule has 14 heteroatoms. The van der Waals surface area contributed by atoms with Crippen molar-refractivity contribution in [3.05, 3.63) is 102 Å². The maximum absolute atomic E-state index is 13.5. The number of nitrogens with zero attached hydrogens (tertiary/aromatic N) is 4. The minimum atomic E-state index is -4.25. The molecular weight excluding hydrogens is 611 g/mol. The third kappa shape index (κ3) is 6.12. The first kappa shape index (κ1) is 30.0. The number of imidazole rings is 1. The molecule has 1 aliphatic rings. The molecule has 1 fully saturated rings. The lowest BCUT2D eigenvalue weighted by molar-refractivity contribution is -0.0323. The van der Waals surface area contributed by atoms with E-state index in [1.165, 1.54) is 49.1 Å². The SMILES string of the molecule is Cc1ccc(S(=O)(=O)OC[C@H]2O[C@@H](n3cnc4c(-c5ccc(F)cc5)ncnc43)C[C@@H]2OS(=O)(=O)c2ccc(C)cc2)cc1. The van der Waals surface area contributed by atoms with Crippen LogP contribution in [0.2, 0.25) is 0 Å². The highest BCUT2D eigenvalue weighted by atomic mass is 32.2. The summed E-state index contributed by atoms with van der Waals surface area (Å²) < 4.78 is 84.6. The van der Waals surface area contributed by atoms with E-state index in [2.05, 4.69) is 15.0 Å². The van der Waals surface area contributed by atoms with Crippen molar-refractivity contribution < 1.29 is 34.3 Å². The number of rotatable bonds is 9. The Bertz CT molecular complexity index is 2020. The molecule has 11 nitrogen and oxygen atoms in total. The van der Waals surface area contributed by atoms with Crippen LogP contribution in [0.25, 0.3) is 22.4 Å². The van der Waals surface area contributed by atoms with Crippen molar-refractivity contribution in [2.45, 2.75) is 48.5 Å². The van der Waals surface area contributed by atoms with E-state index in [-0.39, 0.29) is 16.2 Å². The van der Waals surface area contributed by atoms with E-state index in [4.69, 9.17) is 13.1 Å². The summed E-state index contributed by atoms with van der Waals surface area (Å²) in [4.78, 5) is 13.0. The number of aryl methyl sites for hydroxylation is 2. The van der Waals surface area contributed by atoms with Crippen LogP contribution in [0.3, 0.4) is 0 Å². The van der Waals surface area contributed by atoms with Gasteiger partial charge in [0, 0.05) is 12.0 Å². The van der Waals surface area contributed by atoms with Crippen molar-refractivity contribution in [1.29, 1.82) is 0 Å². The Kier molecular flexibility index (Phi) is 8.02. The van der Waals surface area contributed by atoms with E-state index in [0.29, 0.717) is 22.4 Å². The van der Waals surface area contributed by atoms with Crippen LogP contribution in [-0.2, 0) is 33.3 Å². The summed E-state index contributed by atoms with van der Waals surface area (Å²) in [6.45, 7) is 3.14. The summed E-state index contributed by atoms with van der Waals surface area (Å²) in [5, 5.41) is 0. The molecule has 0 unspecified atom stereocenters. The molecule has 0 amide bonds. The second-order valence-corrected chi connectivity index (χ2v) is 13.6. The van der Waals surface area contributed by atoms with Gasteiger partial charge in [-0.15, -0.1) is 0 Å². The van der Waals surface area contributed by atoms with Gasteiger partial charge in [0.1, 0.15) is 41.8 Å². The minimum Gasteiger partial charge on any atom is -0.349 e. The van der Waals surface area contributed by atoms with Crippen molar-refractivity contribution >= 4 is 31.4 Å². The highest BCUT2D eigenvalue weighted by molar-refractivity contribution is 7.87. The molecule has 0 aliphatic carbocycles. The van der Waals surface area contributed by atoms with Gasteiger partial charge in [-0.05, 0) is 62.4 Å². The van der Waals surface area contributed by atoms with Gasteiger partial charge in [-0.1, -0.05) is 35.4 Å². The van der Waals surface area contributed by atoms with Crippen LogP contribution in [0, 0.1) is 19.7 Å². The van der Waals surface area contributed by atoms with Crippen LogP contribution < -0.4 is 0 Å². The molecule has 0 saturated carbocycles. The first-order chi connectivity index (χ1) is 21.0. The summed E-state index contributed by atoms with van der Waals surface area (Å²) in [6.07, 6.45) is -0.255. The molecule has 0 radical (unpaired) electrons. The van der Waals surface area contributed by atoms with Crippen molar-refractivity contribution in [3.8, 4) is 11.3 Å². The lowest BCUT2D eigenvalue weighted by Gasteiger charge is -2.18. The highest BCUT2D eigenvalue weighted by Crippen LogP contribution is 2.36. The molecule has 6 rings (SSSR count). The Hall–Kier alpha value is -4.08. The molecule has 1 saturated heterocycles. The standard InChI is InChI=1S/C30H27FN4O7S2/c1-19-3-11-23(12-4-19)43(36,37)40-16-26-25(42-44(38,39)24-13-5-20(2)6-14-24)15-27(41-26)35-18-34-29-28(32-17-33-30(29)35)21-7-9-22(31)10-8-21/h3-14,17-18,25-27H,15-16H2,1-2H3/t25-,26+,27+/m0/s1. The van der Waals surface area contributed by atoms with Gasteiger partial charge in [0.25, 0.3) is 20.2 Å². The largest absolute Gasteiger partial charge is 0.349 e. The zero-order valence-corrected chi connectivity index (χ0v) is 25.2. The first-order valence-corrected chi connectivity index (χ1v) is 16.4. The molecule has 1 aliphatic heterocycles. The van der Waals surface area contributed by atoms with Gasteiger partial charge in [-0.2, -0.15) is 16.8 Å². The zero-order chi connectivity index (χ0) is 31.1. The highest BCUT2D eigenvalue weighted by Gasteiger charge is 2.42. The molecule has 3 heterocycles. The van der Waals surface area contributed by atoms with Gasteiger partial charge in [-0.25, -0.2) is 19.3 Å². The van der Waals surface area contributed by atoms with Crippen LogP contribution in [-0.4, -0.2) is 55.2 Å². The number of benzene rings is 3. The molecule has 2 aromatic heterocycles. The second kappa shape index (κ2) is 11.8. The number of fused-ring (bicyclic) bond motifs is 1. The Morgan fingerprint density at radius 2 is 1.45 bits per heavy atom. The van der Waals surface area contributed by atoms with Crippen LogP contribution in [0.5, 0.6) is 0 Å². The maximum Gasteiger partial charge on any atom is 0.297 e. The van der Waals surface area contributed by atoms with Crippen molar-refractivity contribution in [3.63, 3.8) is 0 Å². The molecule has 3 atom stereocenters. The molecule has 0 bridgehead atoms. The van der Waals surface area contributed by atoms with Crippen LogP contribution in [0.1, 0.15) is 23.8 Å². The molecule has 44 heavy (non-hydrogen) atoms. The lowest BCUT2D eigenvalue weighted by Crippen LogP contribution is -2.32. The fourth-order valence-corrected chi connectivity index (χ4v) is 6.88. The van der Waals surface area contributed by atoms with E-state index in [9.17, 15) is 21.2 Å². The number of halogens is 1. The molecular formula is C30H27FN4O7S2. The maximum atomic E-state index is 13.5. The summed E-state index contributed by atoms with van der Waals surface area (Å²) in [5.41, 5.74) is 3.61. The Morgan fingerprint density at radius 3 is 2.09 bits per heavy atom. The average molecular weight is 639 g/mol. The van der Waals surface area contributed by atoms with E-state index < -0.39 is 51.1 Å². The lowest BCUT2D eigenvalue weighted by atomic mass is 10.1. The van der Waals surface area contributed by atoms with Gasteiger partial charge in [0.15, 0.2) is 5.65 Å². The van der Waals surface area contributed by atoms with E-state index in [1.807, 2.05) is 13.8 Å². The van der Waals surface area contributed by atoms with Crippen molar-refractivity contribution in [2.24, 2.45) is 0 Å². The molecule has 5 aromatic rings. The van der Waals surface area contributed by atoms with Crippen LogP contribution in [0.4, 0.5) is 4.39 Å². The van der Waals surface area contributed by atoms with Crippen LogP contribution in [0.15, 0.2) is 95.2 Å². The first-order valence-electron chi connectivity index (χ1n) is 13.6. The number of hydrogen-bond donors (Lipinski definition) is 0. The number of aromatic nitrogens is 4. The second-order valence-electron chi connectivity index (χ2n) is 10.4. The van der Waals surface area contributed by atoms with Crippen molar-refractivity contribution in [2.75, 3.05) is 6.61 Å². The van der Waals surface area contributed by atoms with E-state index >= 15 is 0 Å². The third-order valence-electron chi connectivity index (χ3n) is 7.22. The molecule has 3 aromatic carbocycles. The van der Waals surface area contributed by atoms with Gasteiger partial charge < -0.3 is 4.74 Å². The van der Waals surface area contributed by atoms with E-state index in [1.54, 1.807) is 41.0 Å². The molecule has 228 valence electrons. The molecule has 0 N–H and O–H groups in total. The predicted octanol–water partition coefficient (Wildman–Crippen LogP) is 4.72. The van der Waals surface area contributed by atoms with Gasteiger partial charge in [0.05, 0.1) is 22.7 Å². The fourth-order valence-electron chi connectivity index (χ4n) is 4.86. The smallest absolute Gasteiger partial charge is 0.297 e. The van der Waals surface area contributed by atoms with Crippen LogP contribution >= 0.6 is 0 Å². The average Bonchev–Trinajstić information content (AvgIpc) is 3.60. The monoisotopic (exact) mass is 638 g/mol. The summed E-state index contributed by atoms with van der Waals surface area (Å²) >= 11 is 0. The summed E-state index contributed by atoms with van der Waals surface area (Å²) in [7, 11) is -8.44. The Labute approximate surface area is 253 Å². The predicted molar refractivity (Wildman–Crippen MR) is 157 cm³/mol. The van der Waals surface area contributed by atoms with Crippen molar-refractivity contribution in [1.82, 2.24) is 19.5 Å². The Morgan fingerprint density at radius 1 is 0.841 bits per heavy atom. The summed E-state index contributed by atoms with van der Waals surface area (Å²) in [6, 6.07) is 18.1. The van der Waals surface area contributed by atoms with E-state index in [0.717, 1.165) is 11.1 Å². The topological polar surface area (TPSA) is 140 Å². The van der Waals surface area contributed by atoms with Gasteiger partial charge in [-0.3, -0.25) is 12.9 Å². The summed E-state index contributed by atoms with van der Waals surface area (Å²) in [5.74, 6) is -0.395. The molecule has 0 spiro atoms. The fraction of sp³-hybridized carbons (Fsp3) is 0.233. The zero-order valence-electron chi connectivity index (χ0n) is 23.6. The van der Waals surface area contributed by atoms with Gasteiger partial charge >= 0.3 is 0 Å². The minimum absolute atomic E-state index is 0.00500. The Balaban J connectivity index is 1.30. The van der Waals surface area contributed by atoms with Gasteiger partial charge in [0.2, 0.25) is 0 Å². The number of hydrogen-bond acceptors (Lipinski definition) is 10. The number of ether oxygens (including phenoxy) is 1. The quantitative estimate of drug-likeness (QED) is 0.209. The third-order valence-corrected chi connectivity index (χ3v) is 9.87.